The summed E-state index contributed by atoms with van der Waals surface area (Å²) >= 11 is 1.59. The van der Waals surface area contributed by atoms with Gasteiger partial charge in [0.05, 0.1) is 6.61 Å². The zero-order chi connectivity index (χ0) is 19.8. The molecule has 28 heavy (non-hydrogen) atoms. The molecule has 2 aromatic carbocycles. The minimum Gasteiger partial charge on any atom is -0.489 e. The highest BCUT2D eigenvalue weighted by molar-refractivity contribution is 7.10. The highest BCUT2D eigenvalue weighted by Crippen LogP contribution is 2.29. The van der Waals surface area contributed by atoms with E-state index < -0.39 is 0 Å². The zero-order valence-electron chi connectivity index (χ0n) is 16.9. The largest absolute Gasteiger partial charge is 0.489 e. The van der Waals surface area contributed by atoms with Crippen molar-refractivity contribution in [1.29, 1.82) is 0 Å². The maximum Gasteiger partial charge on any atom is 0.119 e. The Bertz CT molecular complexity index is 828. The molecule has 148 valence electrons. The lowest BCUT2D eigenvalue weighted by atomic mass is 9.90. The normalized spacial score (nSPS) is 11.1. The van der Waals surface area contributed by atoms with E-state index in [-0.39, 0.29) is 6.61 Å². The van der Waals surface area contributed by atoms with Crippen molar-refractivity contribution >= 4 is 11.3 Å². The van der Waals surface area contributed by atoms with E-state index in [1.807, 2.05) is 6.07 Å². The van der Waals surface area contributed by atoms with Crippen molar-refractivity contribution in [3.8, 4) is 16.9 Å². The Kier molecular flexibility index (Phi) is 7.70. The molecule has 0 saturated heterocycles. The number of aliphatic hydroxyl groups excluding tert-OH is 1. The SMILES string of the molecule is CCCC(CCC)c1ccc(OCc2ccc(-c3csc(CO)c3)cc2)cc1. The second kappa shape index (κ2) is 10.4. The number of benzene rings is 2. The Morgan fingerprint density at radius 3 is 2.14 bits per heavy atom. The lowest BCUT2D eigenvalue weighted by Gasteiger charge is -2.16. The van der Waals surface area contributed by atoms with Gasteiger partial charge in [0, 0.05) is 4.88 Å². The molecule has 0 unspecified atom stereocenters. The quantitative estimate of drug-likeness (QED) is 0.395. The highest BCUT2D eigenvalue weighted by atomic mass is 32.1. The van der Waals surface area contributed by atoms with E-state index in [1.54, 1.807) is 11.3 Å². The van der Waals surface area contributed by atoms with Crippen molar-refractivity contribution in [3.05, 3.63) is 76.0 Å². The zero-order valence-corrected chi connectivity index (χ0v) is 17.7. The summed E-state index contributed by atoms with van der Waals surface area (Å²) in [7, 11) is 0. The lowest BCUT2D eigenvalue weighted by Crippen LogP contribution is -1.99. The molecule has 3 heteroatoms. The lowest BCUT2D eigenvalue weighted by molar-refractivity contribution is 0.285. The van der Waals surface area contributed by atoms with Crippen LogP contribution in [0.2, 0.25) is 0 Å². The van der Waals surface area contributed by atoms with Gasteiger partial charge in [0.25, 0.3) is 0 Å². The van der Waals surface area contributed by atoms with Crippen LogP contribution < -0.4 is 4.74 Å². The maximum atomic E-state index is 9.21. The van der Waals surface area contributed by atoms with E-state index in [0.29, 0.717) is 12.5 Å². The second-order valence-corrected chi connectivity index (χ2v) is 8.28. The minimum atomic E-state index is 0.104. The number of hydrogen-bond acceptors (Lipinski definition) is 3. The second-order valence-electron chi connectivity index (χ2n) is 7.29. The molecule has 3 aromatic rings. The van der Waals surface area contributed by atoms with E-state index >= 15 is 0 Å². The first-order valence-electron chi connectivity index (χ1n) is 10.2. The molecule has 3 rings (SSSR count). The Morgan fingerprint density at radius 1 is 0.893 bits per heavy atom. The summed E-state index contributed by atoms with van der Waals surface area (Å²) < 4.78 is 5.98. The van der Waals surface area contributed by atoms with E-state index in [0.717, 1.165) is 21.8 Å². The van der Waals surface area contributed by atoms with Crippen LogP contribution in [0.25, 0.3) is 11.1 Å². The number of hydrogen-bond donors (Lipinski definition) is 1. The average molecular weight is 395 g/mol. The fraction of sp³-hybridized carbons (Fsp3) is 0.360. The number of rotatable bonds is 10. The van der Waals surface area contributed by atoms with E-state index in [4.69, 9.17) is 4.74 Å². The summed E-state index contributed by atoms with van der Waals surface area (Å²) in [4.78, 5) is 0.992. The third kappa shape index (κ3) is 5.46. The molecule has 0 bridgehead atoms. The predicted molar refractivity (Wildman–Crippen MR) is 119 cm³/mol. The van der Waals surface area contributed by atoms with Crippen molar-refractivity contribution in [1.82, 2.24) is 0 Å². The predicted octanol–water partition coefficient (Wildman–Crippen LogP) is 7.17. The molecule has 0 aliphatic carbocycles. The molecule has 0 radical (unpaired) electrons. The summed E-state index contributed by atoms with van der Waals surface area (Å²) in [6.45, 7) is 5.19. The van der Waals surface area contributed by atoms with Crippen molar-refractivity contribution in [2.75, 3.05) is 0 Å². The van der Waals surface area contributed by atoms with Gasteiger partial charge < -0.3 is 9.84 Å². The van der Waals surface area contributed by atoms with Gasteiger partial charge in [0.15, 0.2) is 0 Å². The number of ether oxygens (including phenoxy) is 1. The molecule has 0 aliphatic rings. The molecule has 0 aliphatic heterocycles. The molecule has 0 spiro atoms. The Balaban J connectivity index is 1.57. The topological polar surface area (TPSA) is 29.5 Å². The van der Waals surface area contributed by atoms with E-state index in [1.165, 1.54) is 36.8 Å². The fourth-order valence-corrected chi connectivity index (χ4v) is 4.34. The van der Waals surface area contributed by atoms with E-state index in [9.17, 15) is 5.11 Å². The minimum absolute atomic E-state index is 0.104. The molecule has 0 saturated carbocycles. The van der Waals surface area contributed by atoms with Gasteiger partial charge in [-0.3, -0.25) is 0 Å². The van der Waals surface area contributed by atoms with Crippen LogP contribution in [0.3, 0.4) is 0 Å². The standard InChI is InChI=1S/C25H30O2S/c1-3-5-20(6-4-2)21-11-13-24(14-12-21)27-17-19-7-9-22(10-8-19)23-15-25(16-26)28-18-23/h7-15,18,20,26H,3-6,16-17H2,1-2H3. The third-order valence-electron chi connectivity index (χ3n) is 5.13. The van der Waals surface area contributed by atoms with Gasteiger partial charge in [-0.15, -0.1) is 11.3 Å². The van der Waals surface area contributed by atoms with Crippen LogP contribution in [0.5, 0.6) is 5.75 Å². The molecule has 1 N–H and O–H groups in total. The molecule has 0 amide bonds. The van der Waals surface area contributed by atoms with Crippen LogP contribution in [-0.2, 0) is 13.2 Å². The molecule has 1 heterocycles. The Hall–Kier alpha value is -2.10. The molecule has 0 fully saturated rings. The van der Waals surface area contributed by atoms with Crippen LogP contribution in [0, 0.1) is 0 Å². The van der Waals surface area contributed by atoms with Crippen molar-refractivity contribution in [2.45, 2.75) is 58.7 Å². The summed E-state index contributed by atoms with van der Waals surface area (Å²) in [6, 6.07) is 19.1. The Labute approximate surface area is 172 Å². The molecule has 1 aromatic heterocycles. The van der Waals surface area contributed by atoms with Crippen LogP contribution in [-0.4, -0.2) is 5.11 Å². The van der Waals surface area contributed by atoms with Crippen molar-refractivity contribution < 1.29 is 9.84 Å². The first kappa shape index (κ1) is 20.6. The summed E-state index contributed by atoms with van der Waals surface area (Å²) in [5.74, 6) is 1.59. The number of thiophene rings is 1. The van der Waals surface area contributed by atoms with Crippen molar-refractivity contribution in [3.63, 3.8) is 0 Å². The summed E-state index contributed by atoms with van der Waals surface area (Å²) in [5, 5.41) is 11.3. The van der Waals surface area contributed by atoms with E-state index in [2.05, 4.69) is 67.8 Å². The first-order valence-corrected chi connectivity index (χ1v) is 11.1. The molecular weight excluding hydrogens is 364 g/mol. The summed E-state index contributed by atoms with van der Waals surface area (Å²) in [6.07, 6.45) is 4.96. The molecule has 2 nitrogen and oxygen atoms in total. The van der Waals surface area contributed by atoms with Gasteiger partial charge in [0.2, 0.25) is 0 Å². The van der Waals surface area contributed by atoms with Gasteiger partial charge in [-0.05, 0) is 64.6 Å². The monoisotopic (exact) mass is 394 g/mol. The van der Waals surface area contributed by atoms with Gasteiger partial charge in [-0.2, -0.15) is 0 Å². The summed E-state index contributed by atoms with van der Waals surface area (Å²) in [5.41, 5.74) is 4.91. The van der Waals surface area contributed by atoms with Crippen LogP contribution >= 0.6 is 11.3 Å². The van der Waals surface area contributed by atoms with Crippen LogP contribution in [0.1, 0.15) is 61.5 Å². The van der Waals surface area contributed by atoms with Crippen LogP contribution in [0.4, 0.5) is 0 Å². The number of aliphatic hydroxyl groups is 1. The maximum absolute atomic E-state index is 9.21. The average Bonchev–Trinajstić information content (AvgIpc) is 3.22. The Morgan fingerprint density at radius 2 is 1.57 bits per heavy atom. The first-order chi connectivity index (χ1) is 13.7. The van der Waals surface area contributed by atoms with Gasteiger partial charge in [-0.25, -0.2) is 0 Å². The van der Waals surface area contributed by atoms with Gasteiger partial charge >= 0.3 is 0 Å². The molecule has 0 atom stereocenters. The van der Waals surface area contributed by atoms with Crippen LogP contribution in [0.15, 0.2) is 60.0 Å². The fourth-order valence-electron chi connectivity index (χ4n) is 3.59. The molecular formula is C25H30O2S. The third-order valence-corrected chi connectivity index (χ3v) is 6.05. The van der Waals surface area contributed by atoms with Crippen molar-refractivity contribution in [2.24, 2.45) is 0 Å². The smallest absolute Gasteiger partial charge is 0.119 e. The highest BCUT2D eigenvalue weighted by Gasteiger charge is 2.09. The van der Waals surface area contributed by atoms with Gasteiger partial charge in [0.1, 0.15) is 12.4 Å². The van der Waals surface area contributed by atoms with Gasteiger partial charge in [-0.1, -0.05) is 63.1 Å².